The van der Waals surface area contributed by atoms with E-state index in [2.05, 4.69) is 406 Å². The quantitative estimate of drug-likeness (QED) is 0.113. The van der Waals surface area contributed by atoms with Crippen molar-refractivity contribution in [2.75, 3.05) is 29.4 Å². The van der Waals surface area contributed by atoms with Crippen molar-refractivity contribution >= 4 is 195 Å². The van der Waals surface area contributed by atoms with Gasteiger partial charge in [-0.05, 0) is 0 Å². The SMILES string of the molecule is c1ccc(-c2cccc(-c3ccccc3)c2N2c3cc4c(cc3B3c5[se]c6ccccc6c5N(c5ccccc5)c5cc(N(c6ccccc6)c6ccccc6)cc2c53)B2c3[se]c5ccccc5c3N(c3ccccc3)c3cc(N(c5ccccc5)c5ccccc5)cc(c32)N4c2ccccc2)cc1. The topological polar surface area (TPSA) is 19.4 Å². The van der Waals surface area contributed by atoms with Crippen LogP contribution < -0.4 is 59.9 Å². The third kappa shape index (κ3) is 9.57. The van der Waals surface area contributed by atoms with Crippen molar-refractivity contribution in [2.24, 2.45) is 0 Å². The van der Waals surface area contributed by atoms with E-state index >= 15 is 0 Å². The molecule has 4 aliphatic heterocycles. The van der Waals surface area contributed by atoms with E-state index in [9.17, 15) is 0 Å². The molecule has 2 aromatic heterocycles. The van der Waals surface area contributed by atoms with Gasteiger partial charge in [-0.2, -0.15) is 0 Å². The maximum absolute atomic E-state index is 2.75. The standard InChI is InChI=1S/C94H62B2N6Se2/c1-10-33-63(34-11-1)74-53-32-54-75(64-35-12-2-13-36-64)90(74)102-81-62-80-78(61-79(81)96-89-84(101(71-49-26-9-27-50-71)92-77-52-29-31-56-87(77)104-94(92)96)59-73(60-85(89)102)98(67-41-18-5-19-42-67)68-43-20-6-21-44-68)95-88-82(99(80)69-45-22-7-23-46-69)57-72(97(65-37-14-3-15-38-65)66-39-16-4-17-40-66)58-83(88)100(70-47-24-8-25-48-70)91-76-51-28-30-55-86(76)103-93(91)95/h1-62H. The van der Waals surface area contributed by atoms with Crippen LogP contribution in [-0.4, -0.2) is 42.4 Å². The average Bonchev–Trinajstić information content (AvgIpc) is 1.16. The Labute approximate surface area is 617 Å². The second-order valence-electron chi connectivity index (χ2n) is 27.0. The first-order valence-electron chi connectivity index (χ1n) is 35.6. The summed E-state index contributed by atoms with van der Waals surface area (Å²) in [5.41, 5.74) is 30.1. The molecule has 486 valence electrons. The zero-order valence-electron chi connectivity index (χ0n) is 56.5. The Kier molecular flexibility index (Phi) is 14.4. The summed E-state index contributed by atoms with van der Waals surface area (Å²) in [7, 11) is 0. The molecule has 4 aliphatic rings. The molecule has 6 nitrogen and oxygen atoms in total. The van der Waals surface area contributed by atoms with Gasteiger partial charge >= 0.3 is 622 Å². The first-order chi connectivity index (χ1) is 51.7. The monoisotopic (exact) mass is 1460 g/mol. The Balaban J connectivity index is 0.947. The van der Waals surface area contributed by atoms with Crippen molar-refractivity contribution in [2.45, 2.75) is 0 Å². The number of rotatable bonds is 12. The molecule has 0 radical (unpaired) electrons. The number of benzene rings is 15. The van der Waals surface area contributed by atoms with Crippen LogP contribution in [0, 0.1) is 0 Å². The first kappa shape index (κ1) is 60.5. The third-order valence-corrected chi connectivity index (χ3v) is 26.4. The van der Waals surface area contributed by atoms with Gasteiger partial charge in [0.15, 0.2) is 0 Å². The molecule has 0 unspecified atom stereocenters. The molecule has 0 atom stereocenters. The van der Waals surface area contributed by atoms with Crippen molar-refractivity contribution in [1.29, 1.82) is 0 Å². The van der Waals surface area contributed by atoms with Crippen LogP contribution in [0.25, 0.3) is 41.5 Å². The van der Waals surface area contributed by atoms with E-state index in [1.54, 1.807) is 0 Å². The molecule has 15 aromatic carbocycles. The van der Waals surface area contributed by atoms with Gasteiger partial charge in [-0.25, -0.2) is 0 Å². The molecule has 0 bridgehead atoms. The van der Waals surface area contributed by atoms with Gasteiger partial charge in [0.05, 0.1) is 0 Å². The zero-order valence-corrected chi connectivity index (χ0v) is 59.9. The number of anilines is 18. The second-order valence-corrected chi connectivity index (χ2v) is 31.6. The molecule has 10 heteroatoms. The third-order valence-electron chi connectivity index (χ3n) is 21.3. The van der Waals surface area contributed by atoms with Crippen molar-refractivity contribution < 1.29 is 0 Å². The second kappa shape index (κ2) is 24.8. The predicted molar refractivity (Wildman–Crippen MR) is 444 cm³/mol. The van der Waals surface area contributed by atoms with Crippen molar-refractivity contribution in [3.8, 4) is 22.3 Å². The van der Waals surface area contributed by atoms with Gasteiger partial charge in [0.1, 0.15) is 0 Å². The number of hydrogen-bond donors (Lipinski definition) is 0. The number of hydrogen-bond acceptors (Lipinski definition) is 6. The van der Waals surface area contributed by atoms with Crippen molar-refractivity contribution in [3.63, 3.8) is 0 Å². The van der Waals surface area contributed by atoms with Crippen LogP contribution >= 0.6 is 0 Å². The van der Waals surface area contributed by atoms with Crippen LogP contribution in [0.15, 0.2) is 376 Å². The average molecular weight is 1460 g/mol. The molecule has 0 N–H and O–H groups in total. The summed E-state index contributed by atoms with van der Waals surface area (Å²) in [5.74, 6) is 0. The zero-order chi connectivity index (χ0) is 68.3. The molecule has 0 amide bonds. The summed E-state index contributed by atoms with van der Waals surface area (Å²) >= 11 is -0.135. The van der Waals surface area contributed by atoms with Crippen molar-refractivity contribution in [1.82, 2.24) is 0 Å². The van der Waals surface area contributed by atoms with Gasteiger partial charge in [0, 0.05) is 0 Å². The fourth-order valence-electron chi connectivity index (χ4n) is 17.1. The maximum atomic E-state index is 2.75. The Hall–Kier alpha value is -12.3. The Morgan fingerprint density at radius 1 is 0.231 bits per heavy atom. The van der Waals surface area contributed by atoms with Crippen LogP contribution in [0.1, 0.15) is 0 Å². The Morgan fingerprint density at radius 3 is 0.923 bits per heavy atom. The molecular formula is C94H62B2N6Se2. The van der Waals surface area contributed by atoms with E-state index in [0.717, 1.165) is 108 Å². The van der Waals surface area contributed by atoms with E-state index in [4.69, 9.17) is 0 Å². The van der Waals surface area contributed by atoms with E-state index in [-0.39, 0.29) is 42.4 Å². The Bertz CT molecular complexity index is 6010. The molecular weight excluding hydrogens is 1390 g/mol. The summed E-state index contributed by atoms with van der Waals surface area (Å²) in [6.07, 6.45) is 0. The first-order valence-corrected chi connectivity index (χ1v) is 39.1. The van der Waals surface area contributed by atoms with Gasteiger partial charge in [-0.15, -0.1) is 0 Å². The molecule has 104 heavy (non-hydrogen) atoms. The number of fused-ring (bicyclic) bond motifs is 12. The summed E-state index contributed by atoms with van der Waals surface area (Å²) in [5, 5.41) is 2.60. The molecule has 21 rings (SSSR count). The minimum atomic E-state index is -0.165. The summed E-state index contributed by atoms with van der Waals surface area (Å²) in [4.78, 5) is 15.6. The molecule has 0 aliphatic carbocycles. The van der Waals surface area contributed by atoms with Crippen LogP contribution in [-0.2, 0) is 0 Å². The van der Waals surface area contributed by atoms with Gasteiger partial charge in [0.25, 0.3) is 0 Å². The molecule has 0 saturated carbocycles. The van der Waals surface area contributed by atoms with Gasteiger partial charge in [0.2, 0.25) is 0 Å². The number of para-hydroxylation sites is 8. The summed E-state index contributed by atoms with van der Waals surface area (Å²) in [6, 6.07) is 141. The van der Waals surface area contributed by atoms with Crippen molar-refractivity contribution in [3.05, 3.63) is 376 Å². The van der Waals surface area contributed by atoms with Gasteiger partial charge < -0.3 is 0 Å². The Morgan fingerprint density at radius 2 is 0.538 bits per heavy atom. The fraction of sp³-hybridized carbons (Fsp3) is 0. The van der Waals surface area contributed by atoms with Crippen LogP contribution in [0.5, 0.6) is 0 Å². The van der Waals surface area contributed by atoms with Gasteiger partial charge in [-0.3, -0.25) is 0 Å². The van der Waals surface area contributed by atoms with E-state index in [0.29, 0.717) is 0 Å². The molecule has 0 saturated heterocycles. The molecule has 0 fully saturated rings. The summed E-state index contributed by atoms with van der Waals surface area (Å²) < 4.78 is 5.74. The van der Waals surface area contributed by atoms with Crippen LogP contribution in [0.4, 0.5) is 102 Å². The minimum absolute atomic E-state index is 0.0584. The van der Waals surface area contributed by atoms with E-state index in [1.165, 1.54) is 66.9 Å². The predicted octanol–water partition coefficient (Wildman–Crippen LogP) is 20.5. The van der Waals surface area contributed by atoms with Crippen LogP contribution in [0.3, 0.4) is 0 Å². The normalized spacial score (nSPS) is 12.9. The molecule has 17 aromatic rings. The van der Waals surface area contributed by atoms with Crippen LogP contribution in [0.2, 0.25) is 0 Å². The number of nitrogens with zero attached hydrogens (tertiary/aromatic N) is 6. The summed E-state index contributed by atoms with van der Waals surface area (Å²) in [6.45, 7) is -0.303. The fourth-order valence-corrected chi connectivity index (χ4v) is 22.6. The van der Waals surface area contributed by atoms with Gasteiger partial charge in [-0.1, -0.05) is 0 Å². The molecule has 0 spiro atoms. The van der Waals surface area contributed by atoms with E-state index in [1.807, 2.05) is 0 Å². The van der Waals surface area contributed by atoms with E-state index < -0.39 is 0 Å². The molecule has 6 heterocycles.